The minimum Gasteiger partial charge on any atom is -0.497 e. The molecule has 0 bridgehead atoms. The maximum Gasteiger partial charge on any atom is 0.118 e. The van der Waals surface area contributed by atoms with Gasteiger partial charge in [-0.2, -0.15) is 11.3 Å². The van der Waals surface area contributed by atoms with Crippen molar-refractivity contribution in [2.75, 3.05) is 13.7 Å². The Morgan fingerprint density at radius 2 is 1.95 bits per heavy atom. The van der Waals surface area contributed by atoms with Gasteiger partial charge in [0.2, 0.25) is 0 Å². The molecule has 1 heterocycles. The Labute approximate surface area is 125 Å². The second-order valence-electron chi connectivity index (χ2n) is 4.98. The minimum atomic E-state index is 0.535. The van der Waals surface area contributed by atoms with Crippen molar-refractivity contribution in [3.63, 3.8) is 0 Å². The van der Waals surface area contributed by atoms with Crippen molar-refractivity contribution in [3.8, 4) is 5.75 Å². The summed E-state index contributed by atoms with van der Waals surface area (Å²) in [5, 5.41) is 7.99. The van der Waals surface area contributed by atoms with Crippen LogP contribution in [0.2, 0.25) is 0 Å². The van der Waals surface area contributed by atoms with Crippen molar-refractivity contribution in [1.29, 1.82) is 0 Å². The predicted octanol–water partition coefficient (Wildman–Crippen LogP) is 3.91. The van der Waals surface area contributed by atoms with Crippen molar-refractivity contribution in [2.45, 2.75) is 32.2 Å². The van der Waals surface area contributed by atoms with Gasteiger partial charge in [-0.1, -0.05) is 19.1 Å². The molecule has 0 aliphatic heterocycles. The molecule has 2 rings (SSSR count). The van der Waals surface area contributed by atoms with Crippen LogP contribution in [0.5, 0.6) is 5.75 Å². The van der Waals surface area contributed by atoms with Crippen LogP contribution in [0.3, 0.4) is 0 Å². The van der Waals surface area contributed by atoms with Gasteiger partial charge in [-0.15, -0.1) is 0 Å². The third-order valence-electron chi connectivity index (χ3n) is 3.50. The number of benzene rings is 1. The molecular weight excluding hydrogens is 266 g/mol. The number of hydrogen-bond acceptors (Lipinski definition) is 3. The van der Waals surface area contributed by atoms with Gasteiger partial charge >= 0.3 is 0 Å². The number of aryl methyl sites for hydroxylation is 1. The quantitative estimate of drug-likeness (QED) is 0.795. The second kappa shape index (κ2) is 8.08. The molecule has 0 saturated heterocycles. The molecule has 1 aromatic carbocycles. The van der Waals surface area contributed by atoms with Crippen molar-refractivity contribution in [1.82, 2.24) is 5.32 Å². The van der Waals surface area contributed by atoms with Gasteiger partial charge in [-0.25, -0.2) is 0 Å². The fourth-order valence-electron chi connectivity index (χ4n) is 2.39. The van der Waals surface area contributed by atoms with E-state index in [1.165, 1.54) is 17.5 Å². The van der Waals surface area contributed by atoms with Crippen LogP contribution >= 0.6 is 11.3 Å². The Hall–Kier alpha value is -1.32. The first-order chi connectivity index (χ1) is 9.81. The first kappa shape index (κ1) is 15.1. The highest BCUT2D eigenvalue weighted by molar-refractivity contribution is 7.07. The largest absolute Gasteiger partial charge is 0.497 e. The van der Waals surface area contributed by atoms with Crippen molar-refractivity contribution in [3.05, 3.63) is 52.2 Å². The molecule has 20 heavy (non-hydrogen) atoms. The van der Waals surface area contributed by atoms with Crippen LogP contribution in [-0.4, -0.2) is 19.7 Å². The van der Waals surface area contributed by atoms with Crippen LogP contribution in [0.1, 0.15) is 24.5 Å². The highest BCUT2D eigenvalue weighted by Gasteiger charge is 2.09. The molecule has 0 radical (unpaired) electrons. The lowest BCUT2D eigenvalue weighted by molar-refractivity contribution is 0.414. The number of rotatable bonds is 8. The van der Waals surface area contributed by atoms with E-state index in [0.717, 1.165) is 25.1 Å². The summed E-state index contributed by atoms with van der Waals surface area (Å²) in [6, 6.07) is 11.2. The van der Waals surface area contributed by atoms with Crippen molar-refractivity contribution in [2.24, 2.45) is 0 Å². The topological polar surface area (TPSA) is 21.3 Å². The first-order valence-electron chi connectivity index (χ1n) is 7.19. The fraction of sp³-hybridized carbons (Fsp3) is 0.412. The lowest BCUT2D eigenvalue weighted by Crippen LogP contribution is -2.31. The molecule has 2 aromatic rings. The van der Waals surface area contributed by atoms with E-state index in [1.54, 1.807) is 18.4 Å². The van der Waals surface area contributed by atoms with Gasteiger partial charge in [0, 0.05) is 6.04 Å². The predicted molar refractivity (Wildman–Crippen MR) is 86.8 cm³/mol. The third kappa shape index (κ3) is 4.66. The van der Waals surface area contributed by atoms with E-state index in [-0.39, 0.29) is 0 Å². The van der Waals surface area contributed by atoms with Gasteiger partial charge in [0.15, 0.2) is 0 Å². The minimum absolute atomic E-state index is 0.535. The number of nitrogens with one attached hydrogen (secondary N) is 1. The highest BCUT2D eigenvalue weighted by atomic mass is 32.1. The second-order valence-corrected chi connectivity index (χ2v) is 5.76. The SMILES string of the molecule is CCNC(CCc1ccsc1)Cc1ccc(OC)cc1. The van der Waals surface area contributed by atoms with Gasteiger partial charge in [-0.05, 0) is 65.9 Å². The normalized spacial score (nSPS) is 12.3. The molecule has 108 valence electrons. The summed E-state index contributed by atoms with van der Waals surface area (Å²) in [5.41, 5.74) is 2.81. The van der Waals surface area contributed by atoms with Gasteiger partial charge in [0.1, 0.15) is 5.75 Å². The summed E-state index contributed by atoms with van der Waals surface area (Å²) >= 11 is 1.78. The van der Waals surface area contributed by atoms with E-state index < -0.39 is 0 Å². The first-order valence-corrected chi connectivity index (χ1v) is 8.13. The maximum atomic E-state index is 5.20. The summed E-state index contributed by atoms with van der Waals surface area (Å²) in [7, 11) is 1.71. The van der Waals surface area contributed by atoms with Crippen LogP contribution in [0.25, 0.3) is 0 Å². The van der Waals surface area contributed by atoms with E-state index >= 15 is 0 Å². The third-order valence-corrected chi connectivity index (χ3v) is 4.23. The molecule has 0 spiro atoms. The maximum absolute atomic E-state index is 5.20. The van der Waals surface area contributed by atoms with Crippen LogP contribution in [-0.2, 0) is 12.8 Å². The van der Waals surface area contributed by atoms with Gasteiger partial charge in [0.05, 0.1) is 7.11 Å². The number of methoxy groups -OCH3 is 1. The zero-order chi connectivity index (χ0) is 14.2. The average molecular weight is 289 g/mol. The summed E-state index contributed by atoms with van der Waals surface area (Å²) in [6.45, 7) is 3.19. The van der Waals surface area contributed by atoms with Gasteiger partial charge in [-0.3, -0.25) is 0 Å². The molecule has 0 amide bonds. The number of likely N-dealkylation sites (N-methyl/N-ethyl adjacent to an activating group) is 1. The summed E-state index contributed by atoms with van der Waals surface area (Å²) in [4.78, 5) is 0. The summed E-state index contributed by atoms with van der Waals surface area (Å²) < 4.78 is 5.20. The molecule has 0 fully saturated rings. The molecular formula is C17H23NOS. The number of ether oxygens (including phenoxy) is 1. The lowest BCUT2D eigenvalue weighted by atomic mass is 10.00. The molecule has 0 aliphatic carbocycles. The molecule has 1 N–H and O–H groups in total. The molecule has 3 heteroatoms. The lowest BCUT2D eigenvalue weighted by Gasteiger charge is -2.18. The molecule has 1 aromatic heterocycles. The Balaban J connectivity index is 1.90. The van der Waals surface area contributed by atoms with Crippen molar-refractivity contribution < 1.29 is 4.74 Å². The van der Waals surface area contributed by atoms with Gasteiger partial charge in [0.25, 0.3) is 0 Å². The standard InChI is InChI=1S/C17H23NOS/c1-3-18-16(7-4-15-10-11-20-13-15)12-14-5-8-17(19-2)9-6-14/h5-6,8-11,13,16,18H,3-4,7,12H2,1-2H3. The van der Waals surface area contributed by atoms with E-state index in [9.17, 15) is 0 Å². The number of thiophene rings is 1. The zero-order valence-electron chi connectivity index (χ0n) is 12.3. The Morgan fingerprint density at radius 3 is 2.55 bits per heavy atom. The summed E-state index contributed by atoms with van der Waals surface area (Å²) in [5.74, 6) is 0.923. The molecule has 0 aliphatic rings. The molecule has 2 nitrogen and oxygen atoms in total. The molecule has 1 atom stereocenters. The summed E-state index contributed by atoms with van der Waals surface area (Å²) in [6.07, 6.45) is 3.40. The van der Waals surface area contributed by atoms with Gasteiger partial charge < -0.3 is 10.1 Å². The Kier molecular flexibility index (Phi) is 6.09. The van der Waals surface area contributed by atoms with Crippen LogP contribution in [0, 0.1) is 0 Å². The van der Waals surface area contributed by atoms with Crippen LogP contribution < -0.4 is 10.1 Å². The van der Waals surface area contributed by atoms with E-state index in [2.05, 4.69) is 41.2 Å². The van der Waals surface area contributed by atoms with E-state index in [4.69, 9.17) is 4.74 Å². The molecule has 1 unspecified atom stereocenters. The van der Waals surface area contributed by atoms with E-state index in [1.807, 2.05) is 12.1 Å². The number of hydrogen-bond donors (Lipinski definition) is 1. The molecule has 0 saturated carbocycles. The van der Waals surface area contributed by atoms with Crippen molar-refractivity contribution >= 4 is 11.3 Å². The Morgan fingerprint density at radius 1 is 1.15 bits per heavy atom. The monoisotopic (exact) mass is 289 g/mol. The van der Waals surface area contributed by atoms with Crippen LogP contribution in [0.4, 0.5) is 0 Å². The fourth-order valence-corrected chi connectivity index (χ4v) is 3.09. The van der Waals surface area contributed by atoms with E-state index in [0.29, 0.717) is 6.04 Å². The Bertz CT molecular complexity index is 478. The zero-order valence-corrected chi connectivity index (χ0v) is 13.1. The van der Waals surface area contributed by atoms with Crippen LogP contribution in [0.15, 0.2) is 41.1 Å². The average Bonchev–Trinajstić information content (AvgIpc) is 2.99. The smallest absolute Gasteiger partial charge is 0.118 e. The highest BCUT2D eigenvalue weighted by Crippen LogP contribution is 2.15.